The lowest BCUT2D eigenvalue weighted by atomic mass is 10.5. The van der Waals surface area contributed by atoms with Crippen molar-refractivity contribution < 1.29 is 4.84 Å². The Morgan fingerprint density at radius 3 is 3.00 bits per heavy atom. The van der Waals surface area contributed by atoms with Crippen LogP contribution in [0.5, 0.6) is 0 Å². The maximum Gasteiger partial charge on any atom is 0.0679 e. The molecule has 0 saturated carbocycles. The van der Waals surface area contributed by atoms with Gasteiger partial charge in [-0.2, -0.15) is 5.48 Å². The van der Waals surface area contributed by atoms with Crippen LogP contribution in [0.3, 0.4) is 0 Å². The third kappa shape index (κ3) is 5.66. The van der Waals surface area contributed by atoms with Crippen molar-refractivity contribution in [1.82, 2.24) is 5.48 Å². The van der Waals surface area contributed by atoms with E-state index in [0.717, 1.165) is 19.6 Å². The van der Waals surface area contributed by atoms with E-state index >= 15 is 0 Å². The summed E-state index contributed by atoms with van der Waals surface area (Å²) in [4.78, 5) is 4.90. The van der Waals surface area contributed by atoms with Gasteiger partial charge >= 0.3 is 0 Å². The summed E-state index contributed by atoms with van der Waals surface area (Å²) in [6.07, 6.45) is 2.81. The molecule has 0 aliphatic rings. The third-order valence-corrected chi connectivity index (χ3v) is 0.636. The number of hydroxylamine groups is 1. The SMILES string of the molecule is C=CCNOCCC. The molecule has 0 aromatic heterocycles. The molecule has 0 atom stereocenters. The smallest absolute Gasteiger partial charge is 0.0679 e. The summed E-state index contributed by atoms with van der Waals surface area (Å²) in [5, 5.41) is 0. The monoisotopic (exact) mass is 115 g/mol. The van der Waals surface area contributed by atoms with Crippen LogP contribution in [-0.4, -0.2) is 13.2 Å². The topological polar surface area (TPSA) is 21.3 Å². The lowest BCUT2D eigenvalue weighted by molar-refractivity contribution is 0.0491. The molecule has 0 bridgehead atoms. The lowest BCUT2D eigenvalue weighted by Crippen LogP contribution is -2.14. The van der Waals surface area contributed by atoms with Crippen molar-refractivity contribution in [1.29, 1.82) is 0 Å². The van der Waals surface area contributed by atoms with Crippen molar-refractivity contribution in [2.75, 3.05) is 13.2 Å². The molecular formula is C6H13NO. The van der Waals surface area contributed by atoms with E-state index in [1.807, 2.05) is 0 Å². The summed E-state index contributed by atoms with van der Waals surface area (Å²) in [5.41, 5.74) is 2.72. The van der Waals surface area contributed by atoms with Crippen LogP contribution in [0.2, 0.25) is 0 Å². The summed E-state index contributed by atoms with van der Waals surface area (Å²) in [7, 11) is 0. The minimum absolute atomic E-state index is 0.722. The van der Waals surface area contributed by atoms with Crippen molar-refractivity contribution in [3.8, 4) is 0 Å². The van der Waals surface area contributed by atoms with E-state index in [-0.39, 0.29) is 0 Å². The molecule has 8 heavy (non-hydrogen) atoms. The Morgan fingerprint density at radius 2 is 2.50 bits per heavy atom. The first-order chi connectivity index (χ1) is 3.91. The van der Waals surface area contributed by atoms with Crippen LogP contribution in [0.15, 0.2) is 12.7 Å². The molecular weight excluding hydrogens is 102 g/mol. The fourth-order valence-corrected chi connectivity index (χ4v) is 0.292. The van der Waals surface area contributed by atoms with Gasteiger partial charge in [0.15, 0.2) is 0 Å². The number of rotatable bonds is 5. The molecule has 0 spiro atoms. The Morgan fingerprint density at radius 1 is 1.75 bits per heavy atom. The fourth-order valence-electron chi connectivity index (χ4n) is 0.292. The zero-order valence-electron chi connectivity index (χ0n) is 5.31. The normalized spacial score (nSPS) is 9.12. The summed E-state index contributed by atoms with van der Waals surface area (Å²) in [6, 6.07) is 0. The fraction of sp³-hybridized carbons (Fsp3) is 0.667. The summed E-state index contributed by atoms with van der Waals surface area (Å²) >= 11 is 0. The number of hydrogen-bond acceptors (Lipinski definition) is 2. The van der Waals surface area contributed by atoms with E-state index in [9.17, 15) is 0 Å². The minimum atomic E-state index is 0.722. The first kappa shape index (κ1) is 7.66. The molecule has 0 unspecified atom stereocenters. The molecule has 0 aliphatic heterocycles. The highest BCUT2D eigenvalue weighted by molar-refractivity contribution is 4.65. The van der Waals surface area contributed by atoms with E-state index in [4.69, 9.17) is 4.84 Å². The van der Waals surface area contributed by atoms with Gasteiger partial charge in [-0.1, -0.05) is 13.0 Å². The lowest BCUT2D eigenvalue weighted by Gasteiger charge is -1.98. The predicted molar refractivity (Wildman–Crippen MR) is 34.4 cm³/mol. The van der Waals surface area contributed by atoms with Crippen LogP contribution >= 0.6 is 0 Å². The van der Waals surface area contributed by atoms with Crippen molar-refractivity contribution in [2.24, 2.45) is 0 Å². The molecule has 2 heteroatoms. The van der Waals surface area contributed by atoms with Gasteiger partial charge in [0.1, 0.15) is 0 Å². The molecule has 0 aliphatic carbocycles. The molecule has 0 amide bonds. The maximum absolute atomic E-state index is 4.90. The van der Waals surface area contributed by atoms with Crippen LogP contribution in [0, 0.1) is 0 Å². The average Bonchev–Trinajstić information content (AvgIpc) is 1.81. The van der Waals surface area contributed by atoms with Gasteiger partial charge in [-0.15, -0.1) is 6.58 Å². The highest BCUT2D eigenvalue weighted by atomic mass is 16.6. The van der Waals surface area contributed by atoms with Gasteiger partial charge in [0.25, 0.3) is 0 Å². The van der Waals surface area contributed by atoms with E-state index < -0.39 is 0 Å². The second-order valence-corrected chi connectivity index (χ2v) is 1.49. The molecule has 0 aromatic rings. The van der Waals surface area contributed by atoms with E-state index in [2.05, 4.69) is 19.0 Å². The van der Waals surface area contributed by atoms with Gasteiger partial charge in [0.2, 0.25) is 0 Å². The van der Waals surface area contributed by atoms with Gasteiger partial charge < -0.3 is 4.84 Å². The van der Waals surface area contributed by atoms with Crippen molar-refractivity contribution in [2.45, 2.75) is 13.3 Å². The zero-order chi connectivity index (χ0) is 6.24. The number of hydrogen-bond donors (Lipinski definition) is 1. The molecule has 1 N–H and O–H groups in total. The number of nitrogens with one attached hydrogen (secondary N) is 1. The molecule has 0 radical (unpaired) electrons. The minimum Gasteiger partial charge on any atom is -0.302 e. The van der Waals surface area contributed by atoms with E-state index in [1.165, 1.54) is 0 Å². The van der Waals surface area contributed by atoms with Crippen molar-refractivity contribution in [3.05, 3.63) is 12.7 Å². The van der Waals surface area contributed by atoms with Crippen LogP contribution in [-0.2, 0) is 4.84 Å². The molecule has 0 heterocycles. The Balaban J connectivity index is 2.62. The second-order valence-electron chi connectivity index (χ2n) is 1.49. The van der Waals surface area contributed by atoms with Gasteiger partial charge in [0, 0.05) is 6.54 Å². The highest BCUT2D eigenvalue weighted by Crippen LogP contribution is 1.73. The molecule has 48 valence electrons. The molecule has 2 nitrogen and oxygen atoms in total. The average molecular weight is 115 g/mol. The Labute approximate surface area is 50.5 Å². The molecule has 0 rings (SSSR count). The first-order valence-corrected chi connectivity index (χ1v) is 2.87. The quantitative estimate of drug-likeness (QED) is 0.329. The Bertz CT molecular complexity index is 54.5. The van der Waals surface area contributed by atoms with Crippen LogP contribution in [0.25, 0.3) is 0 Å². The molecule has 0 saturated heterocycles. The Hall–Kier alpha value is -0.340. The van der Waals surface area contributed by atoms with Crippen LogP contribution < -0.4 is 5.48 Å². The molecule has 0 aromatic carbocycles. The largest absolute Gasteiger partial charge is 0.302 e. The standard InChI is InChI=1S/C6H13NO/c1-3-5-7-8-6-4-2/h3,7H,1,4-6H2,2H3. The first-order valence-electron chi connectivity index (χ1n) is 2.87. The highest BCUT2D eigenvalue weighted by Gasteiger charge is 1.77. The zero-order valence-corrected chi connectivity index (χ0v) is 5.31. The van der Waals surface area contributed by atoms with E-state index in [0.29, 0.717) is 0 Å². The van der Waals surface area contributed by atoms with Gasteiger partial charge in [0.05, 0.1) is 6.61 Å². The van der Waals surface area contributed by atoms with Crippen LogP contribution in [0.4, 0.5) is 0 Å². The summed E-state index contributed by atoms with van der Waals surface area (Å²) in [6.45, 7) is 7.07. The van der Waals surface area contributed by atoms with Gasteiger partial charge in [-0.25, -0.2) is 0 Å². The molecule has 0 fully saturated rings. The summed E-state index contributed by atoms with van der Waals surface area (Å²) < 4.78 is 0. The van der Waals surface area contributed by atoms with Crippen molar-refractivity contribution in [3.63, 3.8) is 0 Å². The summed E-state index contributed by atoms with van der Waals surface area (Å²) in [5.74, 6) is 0. The second kappa shape index (κ2) is 6.66. The van der Waals surface area contributed by atoms with Gasteiger partial charge in [-0.3, -0.25) is 0 Å². The Kier molecular flexibility index (Phi) is 6.38. The van der Waals surface area contributed by atoms with Crippen molar-refractivity contribution >= 4 is 0 Å². The third-order valence-electron chi connectivity index (χ3n) is 0.636. The van der Waals surface area contributed by atoms with Gasteiger partial charge in [-0.05, 0) is 6.42 Å². The van der Waals surface area contributed by atoms with Crippen LogP contribution in [0.1, 0.15) is 13.3 Å². The maximum atomic E-state index is 4.90. The van der Waals surface area contributed by atoms with E-state index in [1.54, 1.807) is 6.08 Å². The predicted octanol–water partition coefficient (Wildman–Crippen LogP) is 1.10.